The zero-order chi connectivity index (χ0) is 9.26. The topological polar surface area (TPSA) is 33.1 Å². The van der Waals surface area contributed by atoms with Gasteiger partial charge in [-0.25, -0.2) is 0 Å². The molecule has 2 unspecified atom stereocenters. The minimum atomic E-state index is -0.173. The Bertz CT molecular complexity index is 298. The SMILES string of the molecule is CC1CCC(O)Cc2cccnc21. The van der Waals surface area contributed by atoms with Crippen molar-refractivity contribution < 1.29 is 5.11 Å². The molecule has 1 aliphatic carbocycles. The number of aliphatic hydroxyl groups is 1. The highest BCUT2D eigenvalue weighted by atomic mass is 16.3. The second kappa shape index (κ2) is 3.46. The summed E-state index contributed by atoms with van der Waals surface area (Å²) in [5.41, 5.74) is 2.40. The molecule has 1 aromatic heterocycles. The Morgan fingerprint density at radius 3 is 3.15 bits per heavy atom. The van der Waals surface area contributed by atoms with E-state index in [9.17, 15) is 5.11 Å². The number of rotatable bonds is 0. The predicted octanol–water partition coefficient (Wildman–Crippen LogP) is 1.88. The lowest BCUT2D eigenvalue weighted by Gasteiger charge is -2.09. The smallest absolute Gasteiger partial charge is 0.0581 e. The predicted molar refractivity (Wildman–Crippen MR) is 51.6 cm³/mol. The molecule has 0 bridgehead atoms. The summed E-state index contributed by atoms with van der Waals surface area (Å²) < 4.78 is 0. The van der Waals surface area contributed by atoms with Gasteiger partial charge in [0.25, 0.3) is 0 Å². The Labute approximate surface area is 78.6 Å². The van der Waals surface area contributed by atoms with E-state index < -0.39 is 0 Å². The van der Waals surface area contributed by atoms with Crippen LogP contribution in [0.2, 0.25) is 0 Å². The maximum Gasteiger partial charge on any atom is 0.0581 e. The fourth-order valence-corrected chi connectivity index (χ4v) is 2.00. The number of aromatic nitrogens is 1. The van der Waals surface area contributed by atoms with E-state index in [1.165, 1.54) is 11.3 Å². The monoisotopic (exact) mass is 177 g/mol. The van der Waals surface area contributed by atoms with Crippen molar-refractivity contribution in [1.29, 1.82) is 0 Å². The maximum absolute atomic E-state index is 9.63. The minimum absolute atomic E-state index is 0.173. The van der Waals surface area contributed by atoms with Crippen molar-refractivity contribution in [2.75, 3.05) is 0 Å². The summed E-state index contributed by atoms with van der Waals surface area (Å²) in [7, 11) is 0. The van der Waals surface area contributed by atoms with Crippen LogP contribution < -0.4 is 0 Å². The van der Waals surface area contributed by atoms with Crippen LogP contribution in [0.25, 0.3) is 0 Å². The minimum Gasteiger partial charge on any atom is -0.393 e. The fourth-order valence-electron chi connectivity index (χ4n) is 2.00. The maximum atomic E-state index is 9.63. The van der Waals surface area contributed by atoms with E-state index in [1.807, 2.05) is 12.3 Å². The van der Waals surface area contributed by atoms with Gasteiger partial charge in [-0.15, -0.1) is 0 Å². The van der Waals surface area contributed by atoms with Crippen molar-refractivity contribution in [3.8, 4) is 0 Å². The van der Waals surface area contributed by atoms with Crippen LogP contribution >= 0.6 is 0 Å². The molecule has 1 aliphatic rings. The van der Waals surface area contributed by atoms with Gasteiger partial charge in [-0.05, 0) is 30.4 Å². The van der Waals surface area contributed by atoms with Crippen molar-refractivity contribution >= 4 is 0 Å². The van der Waals surface area contributed by atoms with Crippen molar-refractivity contribution in [2.45, 2.75) is 38.2 Å². The Morgan fingerprint density at radius 2 is 2.31 bits per heavy atom. The van der Waals surface area contributed by atoms with Crippen LogP contribution in [0.1, 0.15) is 36.9 Å². The van der Waals surface area contributed by atoms with Crippen LogP contribution in [0.5, 0.6) is 0 Å². The third kappa shape index (κ3) is 1.73. The zero-order valence-corrected chi connectivity index (χ0v) is 7.90. The molecule has 0 radical (unpaired) electrons. The summed E-state index contributed by atoms with van der Waals surface area (Å²) in [4.78, 5) is 4.38. The Balaban J connectivity index is 2.38. The Kier molecular flexibility index (Phi) is 2.32. The van der Waals surface area contributed by atoms with Gasteiger partial charge in [0, 0.05) is 18.3 Å². The summed E-state index contributed by atoms with van der Waals surface area (Å²) >= 11 is 0. The normalized spacial score (nSPS) is 27.8. The summed E-state index contributed by atoms with van der Waals surface area (Å²) in [5.74, 6) is 0.494. The molecule has 0 aliphatic heterocycles. The molecular weight excluding hydrogens is 162 g/mol. The molecule has 0 saturated carbocycles. The highest BCUT2D eigenvalue weighted by Gasteiger charge is 2.19. The van der Waals surface area contributed by atoms with Crippen LogP contribution in [0.3, 0.4) is 0 Å². The molecule has 1 heterocycles. The number of nitrogens with zero attached hydrogens (tertiary/aromatic N) is 1. The lowest BCUT2D eigenvalue weighted by Crippen LogP contribution is -2.08. The number of aliphatic hydroxyl groups excluding tert-OH is 1. The standard InChI is InChI=1S/C11H15NO/c1-8-4-5-10(13)7-9-3-2-6-12-11(8)9/h2-3,6,8,10,13H,4-5,7H2,1H3. The summed E-state index contributed by atoms with van der Waals surface area (Å²) in [5, 5.41) is 9.63. The van der Waals surface area contributed by atoms with Gasteiger partial charge in [0.2, 0.25) is 0 Å². The van der Waals surface area contributed by atoms with Gasteiger partial charge in [-0.1, -0.05) is 13.0 Å². The molecule has 1 N–H and O–H groups in total. The van der Waals surface area contributed by atoms with E-state index in [2.05, 4.69) is 18.0 Å². The lowest BCUT2D eigenvalue weighted by atomic mass is 10.0. The van der Waals surface area contributed by atoms with E-state index >= 15 is 0 Å². The van der Waals surface area contributed by atoms with Crippen LogP contribution in [-0.4, -0.2) is 16.2 Å². The molecular formula is C11H15NO. The van der Waals surface area contributed by atoms with E-state index in [0.717, 1.165) is 19.3 Å². The van der Waals surface area contributed by atoms with E-state index in [0.29, 0.717) is 5.92 Å². The van der Waals surface area contributed by atoms with Crippen molar-refractivity contribution in [2.24, 2.45) is 0 Å². The Morgan fingerprint density at radius 1 is 1.46 bits per heavy atom. The number of hydrogen-bond donors (Lipinski definition) is 1. The van der Waals surface area contributed by atoms with Gasteiger partial charge in [-0.2, -0.15) is 0 Å². The van der Waals surface area contributed by atoms with Crippen molar-refractivity contribution in [3.05, 3.63) is 29.6 Å². The summed E-state index contributed by atoms with van der Waals surface area (Å²) in [6.45, 7) is 2.18. The second-order valence-corrected chi connectivity index (χ2v) is 3.88. The van der Waals surface area contributed by atoms with E-state index in [4.69, 9.17) is 0 Å². The fraction of sp³-hybridized carbons (Fsp3) is 0.545. The average Bonchev–Trinajstić information content (AvgIpc) is 2.27. The first kappa shape index (κ1) is 8.70. The van der Waals surface area contributed by atoms with Gasteiger partial charge in [0.1, 0.15) is 0 Å². The van der Waals surface area contributed by atoms with E-state index in [-0.39, 0.29) is 6.10 Å². The highest BCUT2D eigenvalue weighted by molar-refractivity contribution is 5.24. The van der Waals surface area contributed by atoms with Crippen molar-refractivity contribution in [1.82, 2.24) is 4.98 Å². The molecule has 0 fully saturated rings. The lowest BCUT2D eigenvalue weighted by molar-refractivity contribution is 0.164. The molecule has 1 aromatic rings. The van der Waals surface area contributed by atoms with Gasteiger partial charge in [-0.3, -0.25) is 4.98 Å². The average molecular weight is 177 g/mol. The van der Waals surface area contributed by atoms with Gasteiger partial charge in [0.15, 0.2) is 0 Å². The first-order valence-electron chi connectivity index (χ1n) is 4.89. The molecule has 13 heavy (non-hydrogen) atoms. The highest BCUT2D eigenvalue weighted by Crippen LogP contribution is 2.27. The summed E-state index contributed by atoms with van der Waals surface area (Å²) in [6, 6.07) is 4.02. The molecule has 2 rings (SSSR count). The molecule has 70 valence electrons. The molecule has 0 spiro atoms. The Hall–Kier alpha value is -0.890. The molecule has 0 aromatic carbocycles. The van der Waals surface area contributed by atoms with Gasteiger partial charge < -0.3 is 5.11 Å². The molecule has 2 atom stereocenters. The third-order valence-electron chi connectivity index (χ3n) is 2.78. The molecule has 0 amide bonds. The first-order chi connectivity index (χ1) is 6.27. The quantitative estimate of drug-likeness (QED) is 0.614. The second-order valence-electron chi connectivity index (χ2n) is 3.88. The molecule has 0 saturated heterocycles. The largest absolute Gasteiger partial charge is 0.393 e. The third-order valence-corrected chi connectivity index (χ3v) is 2.78. The zero-order valence-electron chi connectivity index (χ0n) is 7.90. The van der Waals surface area contributed by atoms with Crippen LogP contribution in [0, 0.1) is 0 Å². The van der Waals surface area contributed by atoms with Crippen molar-refractivity contribution in [3.63, 3.8) is 0 Å². The van der Waals surface area contributed by atoms with E-state index in [1.54, 1.807) is 0 Å². The molecule has 2 heteroatoms. The van der Waals surface area contributed by atoms with Crippen LogP contribution in [-0.2, 0) is 6.42 Å². The number of fused-ring (bicyclic) bond motifs is 1. The van der Waals surface area contributed by atoms with Crippen LogP contribution in [0.15, 0.2) is 18.3 Å². The van der Waals surface area contributed by atoms with Gasteiger partial charge in [0.05, 0.1) is 6.10 Å². The number of pyridine rings is 1. The molecule has 2 nitrogen and oxygen atoms in total. The van der Waals surface area contributed by atoms with Gasteiger partial charge >= 0.3 is 0 Å². The number of hydrogen-bond acceptors (Lipinski definition) is 2. The van der Waals surface area contributed by atoms with Crippen LogP contribution in [0.4, 0.5) is 0 Å². The summed E-state index contributed by atoms with van der Waals surface area (Å²) in [6.07, 6.45) is 4.39. The first-order valence-corrected chi connectivity index (χ1v) is 4.89.